The third-order valence-electron chi connectivity index (χ3n) is 5.06. The van der Waals surface area contributed by atoms with Crippen LogP contribution in [0.15, 0.2) is 73.3 Å². The molecule has 0 radical (unpaired) electrons. The minimum Gasteiger partial charge on any atom is -0.497 e. The molecule has 0 fully saturated rings. The molecule has 0 spiro atoms. The highest BCUT2D eigenvalue weighted by molar-refractivity contribution is 5.96. The van der Waals surface area contributed by atoms with Crippen molar-refractivity contribution in [2.75, 3.05) is 12.4 Å². The molecule has 144 valence electrons. The van der Waals surface area contributed by atoms with Crippen molar-refractivity contribution in [2.24, 2.45) is 0 Å². The van der Waals surface area contributed by atoms with Crippen LogP contribution in [0.25, 0.3) is 10.8 Å². The maximum atomic E-state index is 12.7. The predicted octanol–water partition coefficient (Wildman–Crippen LogP) is 6.10. The molecular formula is C25H27NO2. The summed E-state index contributed by atoms with van der Waals surface area (Å²) in [6.07, 6.45) is 5.09. The number of carbonyl (C=O) groups excluding carboxylic acids is 1. The van der Waals surface area contributed by atoms with Crippen molar-refractivity contribution in [2.45, 2.75) is 32.1 Å². The van der Waals surface area contributed by atoms with E-state index in [-0.39, 0.29) is 11.8 Å². The number of anilines is 1. The average molecular weight is 373 g/mol. The van der Waals surface area contributed by atoms with Crippen LogP contribution in [0.1, 0.15) is 36.8 Å². The second-order valence-corrected chi connectivity index (χ2v) is 7.06. The predicted molar refractivity (Wildman–Crippen MR) is 117 cm³/mol. The van der Waals surface area contributed by atoms with Gasteiger partial charge in [0.05, 0.1) is 13.0 Å². The van der Waals surface area contributed by atoms with E-state index in [0.29, 0.717) is 0 Å². The highest BCUT2D eigenvalue weighted by atomic mass is 16.5. The smallest absolute Gasteiger partial charge is 0.231 e. The van der Waals surface area contributed by atoms with Gasteiger partial charge >= 0.3 is 0 Å². The number of rotatable bonds is 8. The fourth-order valence-corrected chi connectivity index (χ4v) is 3.25. The Kier molecular flexibility index (Phi) is 6.49. The standard InChI is InChI=1S/C25H27NO2/c1-4-5-6-7-19-8-13-23(14-9-19)26-25(27)18(2)20-10-11-22-17-24(28-3)15-12-21(22)16-20/h4,8-18H,1,5-7H2,2-3H3,(H,26,27). The van der Waals surface area contributed by atoms with Crippen LogP contribution in [0.2, 0.25) is 0 Å². The van der Waals surface area contributed by atoms with Crippen molar-refractivity contribution >= 4 is 22.4 Å². The van der Waals surface area contributed by atoms with Crippen LogP contribution in [0.5, 0.6) is 5.75 Å². The molecule has 1 N–H and O–H groups in total. The zero-order chi connectivity index (χ0) is 19.9. The van der Waals surface area contributed by atoms with Crippen molar-refractivity contribution < 1.29 is 9.53 Å². The van der Waals surface area contributed by atoms with Gasteiger partial charge in [-0.3, -0.25) is 4.79 Å². The molecule has 0 heterocycles. The fraction of sp³-hybridized carbons (Fsp3) is 0.240. The van der Waals surface area contributed by atoms with Gasteiger partial charge in [-0.1, -0.05) is 42.5 Å². The first-order valence-electron chi connectivity index (χ1n) is 9.69. The van der Waals surface area contributed by atoms with Crippen LogP contribution in [0.3, 0.4) is 0 Å². The van der Waals surface area contributed by atoms with Gasteiger partial charge in [0.1, 0.15) is 5.75 Å². The molecule has 0 saturated heterocycles. The SMILES string of the molecule is C=CCCCc1ccc(NC(=O)C(C)c2ccc3cc(OC)ccc3c2)cc1. The van der Waals surface area contributed by atoms with Crippen molar-refractivity contribution in [3.05, 3.63) is 84.4 Å². The molecule has 3 nitrogen and oxygen atoms in total. The van der Waals surface area contributed by atoms with Crippen LogP contribution in [0.4, 0.5) is 5.69 Å². The van der Waals surface area contributed by atoms with E-state index in [1.807, 2.05) is 55.5 Å². The normalized spacial score (nSPS) is 11.8. The summed E-state index contributed by atoms with van der Waals surface area (Å²) in [6.45, 7) is 5.69. The molecule has 3 rings (SSSR count). The van der Waals surface area contributed by atoms with E-state index in [4.69, 9.17) is 4.74 Å². The summed E-state index contributed by atoms with van der Waals surface area (Å²) >= 11 is 0. The summed E-state index contributed by atoms with van der Waals surface area (Å²) in [5.74, 6) is 0.588. The number of hydrogen-bond acceptors (Lipinski definition) is 2. The Labute approximate surface area is 167 Å². The Hall–Kier alpha value is -3.07. The molecule has 1 unspecified atom stereocenters. The lowest BCUT2D eigenvalue weighted by atomic mass is 9.97. The van der Waals surface area contributed by atoms with Crippen molar-refractivity contribution in [1.82, 2.24) is 0 Å². The average Bonchev–Trinajstić information content (AvgIpc) is 2.73. The lowest BCUT2D eigenvalue weighted by Crippen LogP contribution is -2.18. The molecule has 3 aromatic carbocycles. The number of ether oxygens (including phenoxy) is 1. The molecule has 28 heavy (non-hydrogen) atoms. The number of allylic oxidation sites excluding steroid dienone is 1. The summed E-state index contributed by atoms with van der Waals surface area (Å²) in [4.78, 5) is 12.7. The topological polar surface area (TPSA) is 38.3 Å². The quantitative estimate of drug-likeness (QED) is 0.383. The van der Waals surface area contributed by atoms with E-state index in [2.05, 4.69) is 30.1 Å². The number of carbonyl (C=O) groups is 1. The third-order valence-corrected chi connectivity index (χ3v) is 5.06. The van der Waals surface area contributed by atoms with Gasteiger partial charge in [0.2, 0.25) is 5.91 Å². The second-order valence-electron chi connectivity index (χ2n) is 7.06. The number of unbranched alkanes of at least 4 members (excludes halogenated alkanes) is 1. The largest absolute Gasteiger partial charge is 0.497 e. The summed E-state index contributed by atoms with van der Waals surface area (Å²) in [6, 6.07) is 20.2. The lowest BCUT2D eigenvalue weighted by molar-refractivity contribution is -0.117. The van der Waals surface area contributed by atoms with Crippen molar-refractivity contribution in [3.63, 3.8) is 0 Å². The minimum absolute atomic E-state index is 0.00716. The van der Waals surface area contributed by atoms with Gasteiger partial charge in [0.15, 0.2) is 0 Å². The van der Waals surface area contributed by atoms with Gasteiger partial charge < -0.3 is 10.1 Å². The molecule has 0 aliphatic rings. The highest BCUT2D eigenvalue weighted by Gasteiger charge is 2.16. The number of nitrogens with one attached hydrogen (secondary N) is 1. The van der Waals surface area contributed by atoms with Gasteiger partial charge in [-0.2, -0.15) is 0 Å². The summed E-state index contributed by atoms with van der Waals surface area (Å²) in [7, 11) is 1.66. The number of methoxy groups -OCH3 is 1. The van der Waals surface area contributed by atoms with E-state index in [0.717, 1.165) is 47.0 Å². The molecule has 0 saturated carbocycles. The van der Waals surface area contributed by atoms with E-state index in [1.165, 1.54) is 5.56 Å². The first kappa shape index (κ1) is 19.7. The van der Waals surface area contributed by atoms with Crippen LogP contribution < -0.4 is 10.1 Å². The van der Waals surface area contributed by atoms with Gasteiger partial charge in [-0.15, -0.1) is 6.58 Å². The minimum atomic E-state index is -0.237. The Morgan fingerprint density at radius 3 is 2.50 bits per heavy atom. The first-order valence-corrected chi connectivity index (χ1v) is 9.69. The number of benzene rings is 3. The molecule has 3 heteroatoms. The van der Waals surface area contributed by atoms with Gasteiger partial charge in [-0.25, -0.2) is 0 Å². The van der Waals surface area contributed by atoms with E-state index >= 15 is 0 Å². The highest BCUT2D eigenvalue weighted by Crippen LogP contribution is 2.26. The summed E-state index contributed by atoms with van der Waals surface area (Å²) in [5, 5.41) is 5.22. The van der Waals surface area contributed by atoms with E-state index in [1.54, 1.807) is 7.11 Å². The van der Waals surface area contributed by atoms with Gasteiger partial charge in [0.25, 0.3) is 0 Å². The zero-order valence-corrected chi connectivity index (χ0v) is 16.6. The number of fused-ring (bicyclic) bond motifs is 1. The molecule has 0 aliphatic heterocycles. The molecular weight excluding hydrogens is 346 g/mol. The fourth-order valence-electron chi connectivity index (χ4n) is 3.25. The lowest BCUT2D eigenvalue weighted by Gasteiger charge is -2.14. The zero-order valence-electron chi connectivity index (χ0n) is 16.6. The van der Waals surface area contributed by atoms with Gasteiger partial charge in [-0.05, 0) is 72.4 Å². The number of aryl methyl sites for hydroxylation is 1. The monoisotopic (exact) mass is 373 g/mol. The van der Waals surface area contributed by atoms with E-state index in [9.17, 15) is 4.79 Å². The maximum absolute atomic E-state index is 12.7. The van der Waals surface area contributed by atoms with Crippen molar-refractivity contribution in [3.8, 4) is 5.75 Å². The Morgan fingerprint density at radius 2 is 1.79 bits per heavy atom. The summed E-state index contributed by atoms with van der Waals surface area (Å²) in [5.41, 5.74) is 3.10. The Balaban J connectivity index is 1.66. The van der Waals surface area contributed by atoms with Crippen LogP contribution in [0, 0.1) is 0 Å². The number of hydrogen-bond donors (Lipinski definition) is 1. The molecule has 0 aliphatic carbocycles. The van der Waals surface area contributed by atoms with Crippen molar-refractivity contribution in [1.29, 1.82) is 0 Å². The third kappa shape index (κ3) is 4.80. The maximum Gasteiger partial charge on any atom is 0.231 e. The van der Waals surface area contributed by atoms with Gasteiger partial charge in [0, 0.05) is 5.69 Å². The second kappa shape index (κ2) is 9.23. The summed E-state index contributed by atoms with van der Waals surface area (Å²) < 4.78 is 5.27. The number of amides is 1. The van der Waals surface area contributed by atoms with Crippen LogP contribution >= 0.6 is 0 Å². The van der Waals surface area contributed by atoms with Crippen LogP contribution in [-0.4, -0.2) is 13.0 Å². The van der Waals surface area contributed by atoms with Crippen LogP contribution in [-0.2, 0) is 11.2 Å². The molecule has 1 amide bonds. The Bertz CT molecular complexity index is 960. The molecule has 3 aromatic rings. The molecule has 1 atom stereocenters. The first-order chi connectivity index (χ1) is 13.6. The molecule has 0 aromatic heterocycles. The van der Waals surface area contributed by atoms with E-state index < -0.39 is 0 Å². The Morgan fingerprint density at radius 1 is 1.07 bits per heavy atom. The molecule has 0 bridgehead atoms.